The number of ether oxygens (including phenoxy) is 1. The van der Waals surface area contributed by atoms with Crippen LogP contribution in [-0.4, -0.2) is 19.0 Å². The third kappa shape index (κ3) is 2.87. The number of anilines is 1. The Bertz CT molecular complexity index is 279. The van der Waals surface area contributed by atoms with Crippen LogP contribution in [0.1, 0.15) is 17.3 Å². The minimum atomic E-state index is -0.0122. The molecule has 0 saturated carbocycles. The number of benzene rings is 1. The van der Waals surface area contributed by atoms with Crippen LogP contribution in [0.25, 0.3) is 0 Å². The Morgan fingerprint density at radius 3 is 2.54 bits per heavy atom. The highest BCUT2D eigenvalue weighted by molar-refractivity contribution is 5.97. The first-order valence-corrected chi connectivity index (χ1v) is 4.20. The molecule has 0 bridgehead atoms. The van der Waals surface area contributed by atoms with E-state index in [0.717, 1.165) is 0 Å². The van der Waals surface area contributed by atoms with Crippen LogP contribution in [0.15, 0.2) is 24.3 Å². The Morgan fingerprint density at radius 2 is 2.00 bits per heavy atom. The molecule has 3 nitrogen and oxygen atoms in total. The van der Waals surface area contributed by atoms with Crippen LogP contribution in [0.4, 0.5) is 5.69 Å². The molecule has 70 valence electrons. The van der Waals surface area contributed by atoms with Crippen molar-refractivity contribution in [3.05, 3.63) is 29.8 Å². The lowest BCUT2D eigenvalue weighted by molar-refractivity contribution is 0.0783. The quantitative estimate of drug-likeness (QED) is 0.562. The van der Waals surface area contributed by atoms with E-state index in [4.69, 9.17) is 10.5 Å². The maximum Gasteiger partial charge on any atom is 0.188 e. The normalized spacial score (nSPS) is 9.92. The number of hydrogen-bond donors (Lipinski definition) is 1. The molecule has 0 heterocycles. The van der Waals surface area contributed by atoms with Gasteiger partial charge in [-0.05, 0) is 31.2 Å². The summed E-state index contributed by atoms with van der Waals surface area (Å²) >= 11 is 0. The van der Waals surface area contributed by atoms with E-state index in [1.54, 1.807) is 24.3 Å². The van der Waals surface area contributed by atoms with Gasteiger partial charge in [0.05, 0.1) is 0 Å². The number of carbonyl (C=O) groups excluding carboxylic acids is 1. The first-order valence-electron chi connectivity index (χ1n) is 4.20. The molecule has 0 aromatic heterocycles. The Balaban J connectivity index is 2.61. The van der Waals surface area contributed by atoms with Gasteiger partial charge in [-0.3, -0.25) is 4.79 Å². The molecule has 0 unspecified atom stereocenters. The van der Waals surface area contributed by atoms with Crippen LogP contribution in [0, 0.1) is 0 Å². The molecule has 0 atom stereocenters. The Hall–Kier alpha value is -1.35. The zero-order valence-electron chi connectivity index (χ0n) is 7.62. The van der Waals surface area contributed by atoms with Gasteiger partial charge in [-0.25, -0.2) is 0 Å². The van der Waals surface area contributed by atoms with Crippen LogP contribution >= 0.6 is 0 Å². The summed E-state index contributed by atoms with van der Waals surface area (Å²) in [7, 11) is 0. The molecule has 0 aliphatic rings. The maximum absolute atomic E-state index is 11.3. The summed E-state index contributed by atoms with van der Waals surface area (Å²) in [5.74, 6) is -0.0122. The average molecular weight is 179 g/mol. The predicted octanol–water partition coefficient (Wildman–Crippen LogP) is 1.49. The van der Waals surface area contributed by atoms with Crippen molar-refractivity contribution in [1.29, 1.82) is 0 Å². The molecule has 0 aliphatic heterocycles. The molecule has 13 heavy (non-hydrogen) atoms. The molecule has 0 amide bonds. The van der Waals surface area contributed by atoms with Crippen molar-refractivity contribution in [1.82, 2.24) is 0 Å². The van der Waals surface area contributed by atoms with E-state index in [9.17, 15) is 4.79 Å². The second kappa shape index (κ2) is 4.62. The molecule has 0 radical (unpaired) electrons. The molecule has 1 rings (SSSR count). The molecule has 2 N–H and O–H groups in total. The van der Waals surface area contributed by atoms with E-state index in [2.05, 4.69) is 0 Å². The summed E-state index contributed by atoms with van der Waals surface area (Å²) in [4.78, 5) is 11.3. The van der Waals surface area contributed by atoms with Crippen LogP contribution in [0.2, 0.25) is 0 Å². The number of nitrogen functional groups attached to an aromatic ring is 1. The third-order valence-electron chi connectivity index (χ3n) is 1.67. The van der Waals surface area contributed by atoms with E-state index >= 15 is 0 Å². The molecular weight excluding hydrogens is 166 g/mol. The first-order chi connectivity index (χ1) is 6.24. The molecule has 0 saturated heterocycles. The number of Topliss-reactive ketones (excluding diaryl/α,β-unsaturated/α-hetero) is 1. The van der Waals surface area contributed by atoms with Gasteiger partial charge in [-0.2, -0.15) is 0 Å². The highest BCUT2D eigenvalue weighted by Gasteiger charge is 2.03. The predicted molar refractivity (Wildman–Crippen MR) is 51.7 cm³/mol. The largest absolute Gasteiger partial charge is 0.399 e. The maximum atomic E-state index is 11.3. The molecular formula is C10H13NO2. The summed E-state index contributed by atoms with van der Waals surface area (Å²) in [6, 6.07) is 6.83. The van der Waals surface area contributed by atoms with Gasteiger partial charge in [-0.15, -0.1) is 0 Å². The summed E-state index contributed by atoms with van der Waals surface area (Å²) in [6.07, 6.45) is 0. The van der Waals surface area contributed by atoms with Crippen LogP contribution in [-0.2, 0) is 4.74 Å². The first kappa shape index (κ1) is 9.74. The van der Waals surface area contributed by atoms with Crippen molar-refractivity contribution in [3.8, 4) is 0 Å². The fourth-order valence-corrected chi connectivity index (χ4v) is 0.947. The van der Waals surface area contributed by atoms with E-state index in [-0.39, 0.29) is 12.4 Å². The zero-order chi connectivity index (χ0) is 9.68. The SMILES string of the molecule is CCOCC(=O)c1ccc(N)cc1. The van der Waals surface area contributed by atoms with Crippen molar-refractivity contribution in [3.63, 3.8) is 0 Å². The lowest BCUT2D eigenvalue weighted by Gasteiger charge is -2.01. The fraction of sp³-hybridized carbons (Fsp3) is 0.300. The number of ketones is 1. The van der Waals surface area contributed by atoms with Gasteiger partial charge >= 0.3 is 0 Å². The van der Waals surface area contributed by atoms with Crippen molar-refractivity contribution >= 4 is 11.5 Å². The Morgan fingerprint density at radius 1 is 1.38 bits per heavy atom. The molecule has 0 aliphatic carbocycles. The second-order valence-electron chi connectivity index (χ2n) is 2.68. The van der Waals surface area contributed by atoms with Crippen molar-refractivity contribution in [2.45, 2.75) is 6.92 Å². The van der Waals surface area contributed by atoms with Gasteiger partial charge in [0, 0.05) is 17.9 Å². The van der Waals surface area contributed by atoms with Gasteiger partial charge in [0.15, 0.2) is 5.78 Å². The topological polar surface area (TPSA) is 52.3 Å². The van der Waals surface area contributed by atoms with E-state index in [0.29, 0.717) is 17.9 Å². The second-order valence-corrected chi connectivity index (χ2v) is 2.68. The highest BCUT2D eigenvalue weighted by atomic mass is 16.5. The minimum absolute atomic E-state index is 0.0122. The Labute approximate surface area is 77.5 Å². The standard InChI is InChI=1S/C10H13NO2/c1-2-13-7-10(12)8-3-5-9(11)6-4-8/h3-6H,2,7,11H2,1H3. The van der Waals surface area contributed by atoms with Crippen molar-refractivity contribution < 1.29 is 9.53 Å². The molecule has 0 fully saturated rings. The van der Waals surface area contributed by atoms with Crippen LogP contribution in [0.3, 0.4) is 0 Å². The lowest BCUT2D eigenvalue weighted by Crippen LogP contribution is -2.08. The van der Waals surface area contributed by atoms with Crippen molar-refractivity contribution in [2.24, 2.45) is 0 Å². The lowest BCUT2D eigenvalue weighted by atomic mass is 10.1. The third-order valence-corrected chi connectivity index (χ3v) is 1.67. The summed E-state index contributed by atoms with van der Waals surface area (Å²) < 4.78 is 5.00. The molecule has 0 spiro atoms. The van der Waals surface area contributed by atoms with Crippen LogP contribution in [0.5, 0.6) is 0 Å². The van der Waals surface area contributed by atoms with Gasteiger partial charge in [0.2, 0.25) is 0 Å². The fourth-order valence-electron chi connectivity index (χ4n) is 0.947. The van der Waals surface area contributed by atoms with Crippen LogP contribution < -0.4 is 5.73 Å². The van der Waals surface area contributed by atoms with Gasteiger partial charge in [0.1, 0.15) is 6.61 Å². The number of hydrogen-bond acceptors (Lipinski definition) is 3. The smallest absolute Gasteiger partial charge is 0.188 e. The van der Waals surface area contributed by atoms with E-state index in [1.807, 2.05) is 6.92 Å². The van der Waals surface area contributed by atoms with E-state index < -0.39 is 0 Å². The summed E-state index contributed by atoms with van der Waals surface area (Å²) in [6.45, 7) is 2.55. The van der Waals surface area contributed by atoms with Gasteiger partial charge in [0.25, 0.3) is 0 Å². The van der Waals surface area contributed by atoms with Gasteiger partial charge < -0.3 is 10.5 Å². The summed E-state index contributed by atoms with van der Waals surface area (Å²) in [5.41, 5.74) is 6.79. The van der Waals surface area contributed by atoms with Gasteiger partial charge in [-0.1, -0.05) is 0 Å². The molecule has 3 heteroatoms. The van der Waals surface area contributed by atoms with E-state index in [1.165, 1.54) is 0 Å². The molecule has 1 aromatic carbocycles. The van der Waals surface area contributed by atoms with Crippen molar-refractivity contribution in [2.75, 3.05) is 18.9 Å². The Kier molecular flexibility index (Phi) is 3.46. The molecule has 1 aromatic rings. The summed E-state index contributed by atoms with van der Waals surface area (Å²) in [5, 5.41) is 0. The number of rotatable bonds is 4. The highest BCUT2D eigenvalue weighted by Crippen LogP contribution is 2.06. The average Bonchev–Trinajstić information content (AvgIpc) is 2.15. The number of nitrogens with two attached hydrogens (primary N) is 1. The minimum Gasteiger partial charge on any atom is -0.399 e. The monoisotopic (exact) mass is 179 g/mol. The number of carbonyl (C=O) groups is 1. The zero-order valence-corrected chi connectivity index (χ0v) is 7.62.